The van der Waals surface area contributed by atoms with Gasteiger partial charge in [-0.05, 0) is 39.8 Å². The van der Waals surface area contributed by atoms with Gasteiger partial charge in [0.25, 0.3) is 0 Å². The second-order valence-corrected chi connectivity index (χ2v) is 5.87. The summed E-state index contributed by atoms with van der Waals surface area (Å²) in [6, 6.07) is 6.44. The molecule has 2 amide bonds. The molecule has 0 bridgehead atoms. The minimum atomic E-state index is -1.11. The topological polar surface area (TPSA) is 87.7 Å². The van der Waals surface area contributed by atoms with Gasteiger partial charge in [-0.2, -0.15) is 0 Å². The number of nitrogens with one attached hydrogen (secondary N) is 2. The van der Waals surface area contributed by atoms with E-state index >= 15 is 0 Å². The van der Waals surface area contributed by atoms with E-state index in [1.54, 1.807) is 52.0 Å². The van der Waals surface area contributed by atoms with Gasteiger partial charge >= 0.3 is 12.0 Å². The van der Waals surface area contributed by atoms with Crippen LogP contribution >= 0.6 is 0 Å². The summed E-state index contributed by atoms with van der Waals surface area (Å²) < 4.78 is 5.07. The van der Waals surface area contributed by atoms with Crippen LogP contribution in [0.15, 0.2) is 24.3 Å². The largest absolute Gasteiger partial charge is 0.497 e. The molecule has 0 heterocycles. The summed E-state index contributed by atoms with van der Waals surface area (Å²) in [4.78, 5) is 23.3. The van der Waals surface area contributed by atoms with Crippen molar-refractivity contribution in [3.05, 3.63) is 24.3 Å². The lowest BCUT2D eigenvalue weighted by Crippen LogP contribution is -2.57. The highest BCUT2D eigenvalue weighted by Gasteiger charge is 2.44. The number of hydrogen-bond donors (Lipinski definition) is 3. The van der Waals surface area contributed by atoms with Crippen LogP contribution in [0.25, 0.3) is 0 Å². The number of ether oxygens (including phenoxy) is 1. The number of carbonyl (C=O) groups is 2. The molecule has 0 aromatic heterocycles. The summed E-state index contributed by atoms with van der Waals surface area (Å²) in [7, 11) is 1.54. The number of aliphatic carboxylic acids is 1. The fraction of sp³-hybridized carbons (Fsp3) is 0.467. The Morgan fingerprint density at radius 1 is 1.19 bits per heavy atom. The van der Waals surface area contributed by atoms with Crippen molar-refractivity contribution in [2.75, 3.05) is 12.4 Å². The first-order valence-corrected chi connectivity index (χ1v) is 6.57. The zero-order valence-electron chi connectivity index (χ0n) is 13.0. The zero-order chi connectivity index (χ0) is 16.3. The van der Waals surface area contributed by atoms with E-state index in [4.69, 9.17) is 4.74 Å². The van der Waals surface area contributed by atoms with Crippen molar-refractivity contribution in [3.63, 3.8) is 0 Å². The number of amides is 2. The average molecular weight is 294 g/mol. The molecule has 0 atom stereocenters. The maximum Gasteiger partial charge on any atom is 0.319 e. The molecular formula is C15H22N2O4. The summed E-state index contributed by atoms with van der Waals surface area (Å²) >= 11 is 0. The molecule has 0 fully saturated rings. The standard InChI is InChI=1S/C15H22N2O4/c1-14(2,12(18)19)15(3,4)17-13(20)16-10-7-6-8-11(9-10)21-5/h6-9H,1-5H3,(H,18,19)(H2,16,17,20). The van der Waals surface area contributed by atoms with E-state index in [-0.39, 0.29) is 0 Å². The fourth-order valence-electron chi connectivity index (χ4n) is 1.57. The summed E-state index contributed by atoms with van der Waals surface area (Å²) in [5, 5.41) is 14.6. The van der Waals surface area contributed by atoms with Crippen molar-refractivity contribution >= 4 is 17.7 Å². The number of carboxylic acids is 1. The Balaban J connectivity index is 2.79. The van der Waals surface area contributed by atoms with E-state index in [0.717, 1.165) is 0 Å². The van der Waals surface area contributed by atoms with E-state index in [1.165, 1.54) is 7.11 Å². The predicted molar refractivity (Wildman–Crippen MR) is 80.6 cm³/mol. The second-order valence-electron chi connectivity index (χ2n) is 5.87. The van der Waals surface area contributed by atoms with Crippen LogP contribution in [0.1, 0.15) is 27.7 Å². The van der Waals surface area contributed by atoms with Gasteiger partial charge < -0.3 is 20.5 Å². The van der Waals surface area contributed by atoms with E-state index in [9.17, 15) is 14.7 Å². The third kappa shape index (κ3) is 3.87. The van der Waals surface area contributed by atoms with Gasteiger partial charge in [-0.3, -0.25) is 4.79 Å². The monoisotopic (exact) mass is 294 g/mol. The first kappa shape index (κ1) is 16.8. The molecular weight excluding hydrogens is 272 g/mol. The van der Waals surface area contributed by atoms with Crippen molar-refractivity contribution in [1.82, 2.24) is 5.32 Å². The van der Waals surface area contributed by atoms with Gasteiger partial charge in [0.1, 0.15) is 5.75 Å². The lowest BCUT2D eigenvalue weighted by atomic mass is 9.74. The SMILES string of the molecule is COc1cccc(NC(=O)NC(C)(C)C(C)(C)C(=O)O)c1. The summed E-state index contributed by atoms with van der Waals surface area (Å²) in [6.07, 6.45) is 0. The van der Waals surface area contributed by atoms with E-state index in [0.29, 0.717) is 11.4 Å². The van der Waals surface area contributed by atoms with Gasteiger partial charge in [-0.15, -0.1) is 0 Å². The number of methoxy groups -OCH3 is 1. The van der Waals surface area contributed by atoms with Crippen LogP contribution < -0.4 is 15.4 Å². The molecule has 0 spiro atoms. The number of urea groups is 1. The maximum atomic E-state index is 12.0. The van der Waals surface area contributed by atoms with Gasteiger partial charge in [-0.1, -0.05) is 6.07 Å². The lowest BCUT2D eigenvalue weighted by Gasteiger charge is -2.38. The predicted octanol–water partition coefficient (Wildman–Crippen LogP) is 2.71. The normalized spacial score (nSPS) is 11.7. The first-order chi connectivity index (χ1) is 9.60. The number of carbonyl (C=O) groups excluding carboxylic acids is 1. The smallest absolute Gasteiger partial charge is 0.319 e. The van der Waals surface area contributed by atoms with Crippen LogP contribution in [-0.4, -0.2) is 29.8 Å². The zero-order valence-corrected chi connectivity index (χ0v) is 13.0. The minimum Gasteiger partial charge on any atom is -0.497 e. The van der Waals surface area contributed by atoms with Crippen LogP contribution in [0.2, 0.25) is 0 Å². The Labute approximate surface area is 124 Å². The van der Waals surface area contributed by atoms with Gasteiger partial charge in [0.15, 0.2) is 0 Å². The van der Waals surface area contributed by atoms with Crippen molar-refractivity contribution in [1.29, 1.82) is 0 Å². The molecule has 0 saturated heterocycles. The van der Waals surface area contributed by atoms with Crippen molar-refractivity contribution in [3.8, 4) is 5.75 Å². The quantitative estimate of drug-likeness (QED) is 0.779. The summed E-state index contributed by atoms with van der Waals surface area (Å²) in [6.45, 7) is 6.49. The van der Waals surface area contributed by atoms with Crippen LogP contribution in [0.4, 0.5) is 10.5 Å². The number of benzene rings is 1. The van der Waals surface area contributed by atoms with Crippen LogP contribution in [0.5, 0.6) is 5.75 Å². The molecule has 0 aliphatic rings. The fourth-order valence-corrected chi connectivity index (χ4v) is 1.57. The molecule has 1 aromatic rings. The number of carboxylic acid groups (broad SMARTS) is 1. The lowest BCUT2D eigenvalue weighted by molar-refractivity contribution is -0.150. The van der Waals surface area contributed by atoms with Crippen LogP contribution in [-0.2, 0) is 4.79 Å². The Hall–Kier alpha value is -2.24. The minimum absolute atomic E-state index is 0.470. The second kappa shape index (κ2) is 6.03. The molecule has 6 heteroatoms. The number of hydrogen-bond acceptors (Lipinski definition) is 3. The summed E-state index contributed by atoms with van der Waals surface area (Å²) in [5.41, 5.74) is -1.48. The average Bonchev–Trinajstić information content (AvgIpc) is 2.37. The summed E-state index contributed by atoms with van der Waals surface area (Å²) in [5.74, 6) is -0.355. The van der Waals surface area contributed by atoms with Crippen molar-refractivity contribution in [2.45, 2.75) is 33.2 Å². The molecule has 0 aliphatic carbocycles. The molecule has 1 rings (SSSR count). The molecule has 21 heavy (non-hydrogen) atoms. The molecule has 0 aliphatic heterocycles. The Morgan fingerprint density at radius 2 is 1.81 bits per heavy atom. The Bertz CT molecular complexity index is 538. The first-order valence-electron chi connectivity index (χ1n) is 6.57. The van der Waals surface area contributed by atoms with Crippen molar-refractivity contribution in [2.24, 2.45) is 5.41 Å². The number of rotatable bonds is 5. The van der Waals surface area contributed by atoms with Crippen molar-refractivity contribution < 1.29 is 19.4 Å². The molecule has 116 valence electrons. The van der Waals surface area contributed by atoms with E-state index < -0.39 is 23.0 Å². The molecule has 0 unspecified atom stereocenters. The highest BCUT2D eigenvalue weighted by molar-refractivity contribution is 5.90. The van der Waals surface area contributed by atoms with Crippen LogP contribution in [0.3, 0.4) is 0 Å². The van der Waals surface area contributed by atoms with Gasteiger partial charge in [0.05, 0.1) is 18.1 Å². The third-order valence-corrected chi connectivity index (χ3v) is 3.85. The number of anilines is 1. The van der Waals surface area contributed by atoms with Gasteiger partial charge in [0.2, 0.25) is 0 Å². The molecule has 0 radical (unpaired) electrons. The highest BCUT2D eigenvalue weighted by atomic mass is 16.5. The molecule has 3 N–H and O–H groups in total. The molecule has 6 nitrogen and oxygen atoms in total. The van der Waals surface area contributed by atoms with E-state index in [2.05, 4.69) is 10.6 Å². The van der Waals surface area contributed by atoms with Gasteiger partial charge in [0, 0.05) is 11.8 Å². The molecule has 1 aromatic carbocycles. The Morgan fingerprint density at radius 3 is 2.33 bits per heavy atom. The van der Waals surface area contributed by atoms with E-state index in [1.807, 2.05) is 0 Å². The van der Waals surface area contributed by atoms with Gasteiger partial charge in [-0.25, -0.2) is 4.79 Å². The Kier molecular flexibility index (Phi) is 4.83. The highest BCUT2D eigenvalue weighted by Crippen LogP contribution is 2.30. The van der Waals surface area contributed by atoms with Crippen LogP contribution in [0, 0.1) is 5.41 Å². The third-order valence-electron chi connectivity index (χ3n) is 3.85. The maximum absolute atomic E-state index is 12.0. The molecule has 0 saturated carbocycles.